The Balaban J connectivity index is 2.89. The van der Waals surface area contributed by atoms with E-state index in [2.05, 4.69) is 0 Å². The standard InChI is InChI=1S/C11H20N2O6S/c1-11(2,3)19-10(16)13-6-5-12(20(4,17)18)7-8(13)9(14)15/h8H,5-7H2,1-4H3,(H,14,15). The summed E-state index contributed by atoms with van der Waals surface area (Å²) >= 11 is 0. The van der Waals surface area contributed by atoms with Gasteiger partial charge >= 0.3 is 12.1 Å². The molecule has 1 unspecified atom stereocenters. The van der Waals surface area contributed by atoms with Crippen LogP contribution in [0.3, 0.4) is 0 Å². The minimum Gasteiger partial charge on any atom is -0.480 e. The van der Waals surface area contributed by atoms with Crippen molar-refractivity contribution in [1.29, 1.82) is 0 Å². The summed E-state index contributed by atoms with van der Waals surface area (Å²) in [4.78, 5) is 24.2. The number of carbonyl (C=O) groups is 2. The lowest BCUT2D eigenvalue weighted by molar-refractivity contribution is -0.144. The molecule has 0 radical (unpaired) electrons. The van der Waals surface area contributed by atoms with Gasteiger partial charge in [-0.3, -0.25) is 4.90 Å². The smallest absolute Gasteiger partial charge is 0.411 e. The molecule has 1 aliphatic rings. The quantitative estimate of drug-likeness (QED) is 0.767. The molecule has 0 spiro atoms. The average Bonchev–Trinajstić information content (AvgIpc) is 2.24. The van der Waals surface area contributed by atoms with Gasteiger partial charge in [0.2, 0.25) is 10.0 Å². The van der Waals surface area contributed by atoms with Crippen molar-refractivity contribution in [2.75, 3.05) is 25.9 Å². The molecule has 1 amide bonds. The number of carbonyl (C=O) groups excluding carboxylic acids is 1. The Hall–Kier alpha value is -1.35. The van der Waals surface area contributed by atoms with Crippen LogP contribution in [-0.2, 0) is 19.6 Å². The summed E-state index contributed by atoms with van der Waals surface area (Å²) in [5.74, 6) is -1.26. The molecule has 8 nitrogen and oxygen atoms in total. The SMILES string of the molecule is CC(C)(C)OC(=O)N1CCN(S(C)(=O)=O)CC1C(=O)O. The maximum Gasteiger partial charge on any atom is 0.411 e. The van der Waals surface area contributed by atoms with Crippen LogP contribution in [0.25, 0.3) is 0 Å². The van der Waals surface area contributed by atoms with E-state index in [-0.39, 0.29) is 19.6 Å². The van der Waals surface area contributed by atoms with Gasteiger partial charge in [-0.2, -0.15) is 4.31 Å². The normalized spacial score (nSPS) is 21.6. The first-order valence-corrected chi connectivity index (χ1v) is 7.94. The fourth-order valence-electron chi connectivity index (χ4n) is 1.81. The predicted molar refractivity (Wildman–Crippen MR) is 70.8 cm³/mol. The molecular formula is C11H20N2O6S. The van der Waals surface area contributed by atoms with Gasteiger partial charge in [-0.05, 0) is 20.8 Å². The Bertz CT molecular complexity index is 496. The van der Waals surface area contributed by atoms with Crippen LogP contribution in [0.1, 0.15) is 20.8 Å². The Morgan fingerprint density at radius 3 is 2.20 bits per heavy atom. The molecule has 1 heterocycles. The summed E-state index contributed by atoms with van der Waals surface area (Å²) in [7, 11) is -3.49. The van der Waals surface area contributed by atoms with Crippen molar-refractivity contribution in [2.45, 2.75) is 32.4 Å². The molecular weight excluding hydrogens is 288 g/mol. The van der Waals surface area contributed by atoms with Gasteiger partial charge in [-0.1, -0.05) is 0 Å². The lowest BCUT2D eigenvalue weighted by atomic mass is 10.2. The van der Waals surface area contributed by atoms with Gasteiger partial charge < -0.3 is 9.84 Å². The molecule has 0 saturated carbocycles. The molecule has 0 aliphatic carbocycles. The van der Waals surface area contributed by atoms with E-state index in [4.69, 9.17) is 9.84 Å². The van der Waals surface area contributed by atoms with E-state index in [9.17, 15) is 18.0 Å². The molecule has 116 valence electrons. The van der Waals surface area contributed by atoms with E-state index in [1.54, 1.807) is 20.8 Å². The van der Waals surface area contributed by atoms with Crippen LogP contribution in [0.2, 0.25) is 0 Å². The van der Waals surface area contributed by atoms with Gasteiger partial charge in [0.1, 0.15) is 11.6 Å². The highest BCUT2D eigenvalue weighted by molar-refractivity contribution is 7.88. The Morgan fingerprint density at radius 2 is 1.80 bits per heavy atom. The zero-order chi connectivity index (χ0) is 15.7. The van der Waals surface area contributed by atoms with Gasteiger partial charge in [0.25, 0.3) is 0 Å². The van der Waals surface area contributed by atoms with E-state index < -0.39 is 33.7 Å². The molecule has 1 rings (SSSR count). The maximum absolute atomic E-state index is 12.0. The lowest BCUT2D eigenvalue weighted by Gasteiger charge is -2.38. The molecule has 20 heavy (non-hydrogen) atoms. The fraction of sp³-hybridized carbons (Fsp3) is 0.818. The summed E-state index contributed by atoms with van der Waals surface area (Å²) in [6, 6.07) is -1.24. The number of rotatable bonds is 2. The summed E-state index contributed by atoms with van der Waals surface area (Å²) in [6.07, 6.45) is 0.257. The van der Waals surface area contributed by atoms with Crippen LogP contribution < -0.4 is 0 Å². The van der Waals surface area contributed by atoms with Gasteiger partial charge in [0.05, 0.1) is 6.26 Å². The number of amides is 1. The van der Waals surface area contributed by atoms with E-state index in [0.717, 1.165) is 15.5 Å². The van der Waals surface area contributed by atoms with Crippen LogP contribution >= 0.6 is 0 Å². The number of hydrogen-bond acceptors (Lipinski definition) is 5. The second-order valence-electron chi connectivity index (χ2n) is 5.65. The van der Waals surface area contributed by atoms with Crippen molar-refractivity contribution < 1.29 is 27.9 Å². The van der Waals surface area contributed by atoms with Crippen molar-refractivity contribution in [1.82, 2.24) is 9.21 Å². The summed E-state index contributed by atoms with van der Waals surface area (Å²) in [5.41, 5.74) is -0.742. The van der Waals surface area contributed by atoms with Crippen molar-refractivity contribution >= 4 is 22.1 Å². The molecule has 0 aromatic heterocycles. The largest absolute Gasteiger partial charge is 0.480 e. The van der Waals surface area contributed by atoms with Crippen molar-refractivity contribution in [2.24, 2.45) is 0 Å². The minimum atomic E-state index is -3.49. The predicted octanol–water partition coefficient (Wildman–Crippen LogP) is -0.0481. The number of carboxylic acid groups (broad SMARTS) is 1. The summed E-state index contributed by atoms with van der Waals surface area (Å²) in [6.45, 7) is 4.79. The second-order valence-corrected chi connectivity index (χ2v) is 7.63. The van der Waals surface area contributed by atoms with Gasteiger partial charge in [0.15, 0.2) is 0 Å². The third-order valence-corrected chi connectivity index (χ3v) is 3.99. The van der Waals surface area contributed by atoms with Crippen LogP contribution in [0, 0.1) is 0 Å². The number of piperazine rings is 1. The van der Waals surface area contributed by atoms with E-state index in [1.165, 1.54) is 0 Å². The molecule has 1 fully saturated rings. The average molecular weight is 308 g/mol. The number of aliphatic carboxylic acids is 1. The number of nitrogens with zero attached hydrogens (tertiary/aromatic N) is 2. The zero-order valence-corrected chi connectivity index (χ0v) is 12.8. The molecule has 0 bridgehead atoms. The highest BCUT2D eigenvalue weighted by atomic mass is 32.2. The Labute approximate surface area is 118 Å². The van der Waals surface area contributed by atoms with Crippen molar-refractivity contribution in [3.63, 3.8) is 0 Å². The first kappa shape index (κ1) is 16.7. The van der Waals surface area contributed by atoms with Crippen molar-refractivity contribution in [3.05, 3.63) is 0 Å². The van der Waals surface area contributed by atoms with Crippen LogP contribution in [0.4, 0.5) is 4.79 Å². The van der Waals surface area contributed by atoms with Crippen LogP contribution in [0.5, 0.6) is 0 Å². The van der Waals surface area contributed by atoms with Gasteiger partial charge in [-0.15, -0.1) is 0 Å². The fourth-order valence-corrected chi connectivity index (χ4v) is 2.63. The minimum absolute atomic E-state index is 0.0149. The molecule has 1 aliphatic heterocycles. The Kier molecular flexibility index (Phi) is 4.65. The topological polar surface area (TPSA) is 104 Å². The zero-order valence-electron chi connectivity index (χ0n) is 12.0. The first-order chi connectivity index (χ1) is 8.92. The Morgan fingerprint density at radius 1 is 1.25 bits per heavy atom. The van der Waals surface area contributed by atoms with Gasteiger partial charge in [0, 0.05) is 19.6 Å². The van der Waals surface area contributed by atoms with E-state index >= 15 is 0 Å². The molecule has 0 aromatic carbocycles. The molecule has 1 saturated heterocycles. The molecule has 1 N–H and O–H groups in total. The second kappa shape index (κ2) is 5.57. The number of ether oxygens (including phenoxy) is 1. The highest BCUT2D eigenvalue weighted by Gasteiger charge is 2.39. The number of carboxylic acids is 1. The maximum atomic E-state index is 12.0. The third kappa shape index (κ3) is 4.34. The monoisotopic (exact) mass is 308 g/mol. The molecule has 9 heteroatoms. The van der Waals surface area contributed by atoms with Crippen LogP contribution in [0.15, 0.2) is 0 Å². The van der Waals surface area contributed by atoms with E-state index in [1.807, 2.05) is 0 Å². The van der Waals surface area contributed by atoms with Crippen LogP contribution in [-0.4, -0.2) is 72.3 Å². The first-order valence-electron chi connectivity index (χ1n) is 6.09. The number of hydrogen-bond donors (Lipinski definition) is 1. The molecule has 1 atom stereocenters. The summed E-state index contributed by atoms with van der Waals surface area (Å²) < 4.78 is 29.1. The third-order valence-electron chi connectivity index (χ3n) is 2.73. The van der Waals surface area contributed by atoms with Crippen molar-refractivity contribution in [3.8, 4) is 0 Å². The molecule has 0 aromatic rings. The summed E-state index contributed by atoms with van der Waals surface area (Å²) in [5, 5.41) is 9.17. The van der Waals surface area contributed by atoms with E-state index in [0.29, 0.717) is 0 Å². The lowest BCUT2D eigenvalue weighted by Crippen LogP contribution is -2.59. The number of sulfonamides is 1. The van der Waals surface area contributed by atoms with Gasteiger partial charge in [-0.25, -0.2) is 18.0 Å². The highest BCUT2D eigenvalue weighted by Crippen LogP contribution is 2.17.